The lowest BCUT2D eigenvalue weighted by molar-refractivity contribution is -0.138. The van der Waals surface area contributed by atoms with Gasteiger partial charge in [0.15, 0.2) is 0 Å². The molecular weight excluding hydrogens is 626 g/mol. The second-order valence-corrected chi connectivity index (χ2v) is 12.8. The molecule has 3 aromatic carbocycles. The summed E-state index contributed by atoms with van der Waals surface area (Å²) in [4.78, 5) is 13.2. The predicted octanol–water partition coefficient (Wildman–Crippen LogP) is 11.0. The Kier molecular flexibility index (Phi) is 10.5. The molecule has 1 aliphatic heterocycles. The van der Waals surface area contributed by atoms with E-state index in [1.165, 1.54) is 13.0 Å². The van der Waals surface area contributed by atoms with Crippen molar-refractivity contribution in [3.8, 4) is 0 Å². The number of para-hydroxylation sites is 1. The van der Waals surface area contributed by atoms with Gasteiger partial charge in [0, 0.05) is 23.7 Å². The average Bonchev–Trinajstić information content (AvgIpc) is 2.95. The van der Waals surface area contributed by atoms with Gasteiger partial charge in [-0.3, -0.25) is 0 Å². The van der Waals surface area contributed by atoms with Gasteiger partial charge in [0.2, 0.25) is 0 Å². The Morgan fingerprint density at radius 1 is 0.783 bits per heavy atom. The molecule has 4 rings (SSSR count). The molecule has 0 radical (unpaired) electrons. The van der Waals surface area contributed by atoms with E-state index in [1.807, 2.05) is 17.9 Å². The highest BCUT2D eigenvalue weighted by molar-refractivity contribution is 6.31. The van der Waals surface area contributed by atoms with Crippen LogP contribution in [-0.4, -0.2) is 41.2 Å². The summed E-state index contributed by atoms with van der Waals surface area (Å²) in [6.45, 7) is 14.4. The minimum Gasteiger partial charge on any atom is -0.342 e. The van der Waals surface area contributed by atoms with Crippen molar-refractivity contribution in [3.05, 3.63) is 92.5 Å². The normalized spacial score (nSPS) is 15.4. The second-order valence-electron chi connectivity index (χ2n) is 12.4. The van der Waals surface area contributed by atoms with E-state index in [0.717, 1.165) is 35.0 Å². The largest absolute Gasteiger partial charge is 0.418 e. The Hall–Kier alpha value is -3.53. The zero-order valence-corrected chi connectivity index (χ0v) is 27.8. The van der Waals surface area contributed by atoms with Crippen LogP contribution in [-0.2, 0) is 12.4 Å². The van der Waals surface area contributed by atoms with Crippen LogP contribution >= 0.6 is 11.6 Å². The van der Waals surface area contributed by atoms with Crippen molar-refractivity contribution in [3.63, 3.8) is 0 Å². The van der Waals surface area contributed by atoms with Crippen LogP contribution in [0.2, 0.25) is 5.02 Å². The minimum absolute atomic E-state index is 0.0309. The molecule has 1 aliphatic rings. The predicted molar refractivity (Wildman–Crippen MR) is 174 cm³/mol. The summed E-state index contributed by atoms with van der Waals surface area (Å²) in [5, 5.41) is -0.202. The van der Waals surface area contributed by atoms with Gasteiger partial charge in [-0.05, 0) is 80.0 Å². The van der Waals surface area contributed by atoms with Gasteiger partial charge in [0.25, 0.3) is 0 Å². The maximum Gasteiger partial charge on any atom is 0.418 e. The summed E-state index contributed by atoms with van der Waals surface area (Å²) in [7, 11) is 0. The highest BCUT2D eigenvalue weighted by Gasteiger charge is 2.36. The van der Waals surface area contributed by atoms with Crippen molar-refractivity contribution >= 4 is 34.6 Å². The van der Waals surface area contributed by atoms with Gasteiger partial charge in [0.1, 0.15) is 11.7 Å². The Morgan fingerprint density at radius 2 is 1.39 bits per heavy atom. The van der Waals surface area contributed by atoms with Crippen LogP contribution < -0.4 is 0 Å². The van der Waals surface area contributed by atoms with Crippen molar-refractivity contribution in [1.82, 2.24) is 9.80 Å². The molecule has 1 heterocycles. The van der Waals surface area contributed by atoms with Crippen LogP contribution in [0.15, 0.2) is 58.5 Å². The lowest BCUT2D eigenvalue weighted by Crippen LogP contribution is -2.49. The Labute approximate surface area is 271 Å². The number of benzene rings is 3. The fraction of sp³-hybridized carbons (Fsp3) is 0.429. The van der Waals surface area contributed by atoms with E-state index in [2.05, 4.69) is 44.8 Å². The van der Waals surface area contributed by atoms with Crippen LogP contribution in [0.5, 0.6) is 0 Å². The minimum atomic E-state index is -4.73. The standard InChI is InChI=1S/C35H39ClF6N4/c1-20(2)28-10-8-11-29(21(3)4)32(28)43-24(7)45-12-9-13-46(19-45)33(25-16-26(34(37,38)39)18-27(36)17-25)44-31-23(6)14-22(5)15-30(31)35(40,41)42/h8,10-11,14-18,20-21H,9,12-13,19H2,1-7H3. The number of hydrogen-bond acceptors (Lipinski definition) is 2. The molecule has 0 spiro atoms. The molecule has 0 bridgehead atoms. The molecule has 0 atom stereocenters. The molecule has 0 unspecified atom stereocenters. The van der Waals surface area contributed by atoms with Crippen LogP contribution in [0.3, 0.4) is 0 Å². The van der Waals surface area contributed by atoms with E-state index in [9.17, 15) is 26.3 Å². The van der Waals surface area contributed by atoms with E-state index >= 15 is 0 Å². The van der Waals surface area contributed by atoms with E-state index < -0.39 is 23.5 Å². The summed E-state index contributed by atoms with van der Waals surface area (Å²) in [6, 6.07) is 11.7. The van der Waals surface area contributed by atoms with E-state index in [0.29, 0.717) is 30.9 Å². The summed E-state index contributed by atoms with van der Waals surface area (Å²) in [5.41, 5.74) is 1.35. The fourth-order valence-corrected chi connectivity index (χ4v) is 5.98. The first-order valence-corrected chi connectivity index (χ1v) is 15.6. The molecule has 0 N–H and O–H groups in total. The Morgan fingerprint density at radius 3 is 1.96 bits per heavy atom. The molecule has 1 fully saturated rings. The van der Waals surface area contributed by atoms with Gasteiger partial charge >= 0.3 is 12.4 Å². The number of hydrogen-bond donors (Lipinski definition) is 0. The molecule has 1 saturated heterocycles. The number of aryl methyl sites for hydroxylation is 2. The smallest absolute Gasteiger partial charge is 0.342 e. The van der Waals surface area contributed by atoms with Crippen molar-refractivity contribution < 1.29 is 26.3 Å². The maximum absolute atomic E-state index is 14.3. The van der Waals surface area contributed by atoms with Gasteiger partial charge in [-0.1, -0.05) is 69.1 Å². The number of amidine groups is 2. The zero-order valence-electron chi connectivity index (χ0n) is 27.0. The first-order valence-electron chi connectivity index (χ1n) is 15.2. The maximum atomic E-state index is 14.3. The summed E-state index contributed by atoms with van der Waals surface area (Å²) >= 11 is 6.16. The average molecular weight is 665 g/mol. The molecule has 0 saturated carbocycles. The molecule has 248 valence electrons. The first-order chi connectivity index (χ1) is 21.4. The fourth-order valence-electron chi connectivity index (χ4n) is 5.74. The molecule has 0 aromatic heterocycles. The van der Waals surface area contributed by atoms with Crippen LogP contribution in [0.25, 0.3) is 0 Å². The SMILES string of the molecule is CC(=Nc1c(C(C)C)cccc1C(C)C)N1CCCN(C(=Nc2c(C)cc(C)cc2C(F)(F)F)c2cc(Cl)cc(C(F)(F)F)c2)C1. The van der Waals surface area contributed by atoms with Crippen molar-refractivity contribution in [1.29, 1.82) is 0 Å². The summed E-state index contributed by atoms with van der Waals surface area (Å²) in [6.07, 6.45) is -8.89. The van der Waals surface area contributed by atoms with Crippen LogP contribution in [0, 0.1) is 13.8 Å². The van der Waals surface area contributed by atoms with Gasteiger partial charge in [-0.15, -0.1) is 0 Å². The number of halogens is 7. The topological polar surface area (TPSA) is 31.2 Å². The van der Waals surface area contributed by atoms with E-state index in [-0.39, 0.29) is 46.2 Å². The monoisotopic (exact) mass is 664 g/mol. The summed E-state index contributed by atoms with van der Waals surface area (Å²) < 4.78 is 84.4. The lowest BCUT2D eigenvalue weighted by Gasteiger charge is -2.39. The quantitative estimate of drug-likeness (QED) is 0.154. The van der Waals surface area contributed by atoms with Crippen LogP contribution in [0.1, 0.15) is 91.8 Å². The molecule has 46 heavy (non-hydrogen) atoms. The third-order valence-corrected chi connectivity index (χ3v) is 8.24. The highest BCUT2D eigenvalue weighted by Crippen LogP contribution is 2.40. The zero-order chi connectivity index (χ0) is 34.1. The Bertz CT molecular complexity index is 1610. The van der Waals surface area contributed by atoms with Crippen molar-refractivity contribution in [2.24, 2.45) is 9.98 Å². The number of rotatable bonds is 5. The van der Waals surface area contributed by atoms with E-state index in [4.69, 9.17) is 16.6 Å². The molecule has 11 heteroatoms. The number of aliphatic imine (C=N–C) groups is 2. The second kappa shape index (κ2) is 13.7. The number of nitrogens with zero attached hydrogens (tertiary/aromatic N) is 4. The van der Waals surface area contributed by atoms with Crippen molar-refractivity contribution in [2.45, 2.75) is 79.1 Å². The van der Waals surface area contributed by atoms with Gasteiger partial charge in [-0.25, -0.2) is 9.98 Å². The van der Waals surface area contributed by atoms with E-state index in [1.54, 1.807) is 17.9 Å². The number of alkyl halides is 6. The van der Waals surface area contributed by atoms with Crippen LogP contribution in [0.4, 0.5) is 37.7 Å². The third kappa shape index (κ3) is 8.06. The molecular formula is C35H39ClF6N4. The molecule has 0 amide bonds. The first kappa shape index (κ1) is 35.3. The lowest BCUT2D eigenvalue weighted by atomic mass is 9.93. The van der Waals surface area contributed by atoms with Crippen molar-refractivity contribution in [2.75, 3.05) is 19.8 Å². The summed E-state index contributed by atoms with van der Waals surface area (Å²) in [5.74, 6) is 1.08. The molecule has 3 aromatic rings. The van der Waals surface area contributed by atoms with Gasteiger partial charge in [0.05, 0.1) is 29.2 Å². The van der Waals surface area contributed by atoms with Gasteiger partial charge in [-0.2, -0.15) is 26.3 Å². The third-order valence-electron chi connectivity index (χ3n) is 8.02. The Balaban J connectivity index is 1.88. The molecule has 0 aliphatic carbocycles. The highest BCUT2D eigenvalue weighted by atomic mass is 35.5. The van der Waals surface area contributed by atoms with Gasteiger partial charge < -0.3 is 9.80 Å². The molecule has 4 nitrogen and oxygen atoms in total.